The summed E-state index contributed by atoms with van der Waals surface area (Å²) in [4.78, 5) is 21.5. The Balaban J connectivity index is 0.000000298. The van der Waals surface area contributed by atoms with Gasteiger partial charge in [0.1, 0.15) is 6.10 Å². The van der Waals surface area contributed by atoms with Gasteiger partial charge in [0.2, 0.25) is 0 Å². The van der Waals surface area contributed by atoms with Gasteiger partial charge in [-0.1, -0.05) is 5.16 Å². The number of thiazole rings is 1. The van der Waals surface area contributed by atoms with Crippen LogP contribution in [0.1, 0.15) is 47.7 Å². The molecule has 2 fully saturated rings. The van der Waals surface area contributed by atoms with Crippen molar-refractivity contribution < 1.29 is 32.3 Å². The van der Waals surface area contributed by atoms with Gasteiger partial charge in [-0.15, -0.1) is 11.3 Å². The van der Waals surface area contributed by atoms with E-state index in [0.29, 0.717) is 17.8 Å². The molecule has 1 N–H and O–H groups in total. The Morgan fingerprint density at radius 2 is 2.07 bits per heavy atom. The van der Waals surface area contributed by atoms with Gasteiger partial charge in [0.15, 0.2) is 5.82 Å². The van der Waals surface area contributed by atoms with Gasteiger partial charge in [0.05, 0.1) is 17.3 Å². The minimum Gasteiger partial charge on any atom is -0.475 e. The van der Waals surface area contributed by atoms with Crippen molar-refractivity contribution in [2.24, 2.45) is 0 Å². The third kappa shape index (κ3) is 5.31. The highest BCUT2D eigenvalue weighted by Crippen LogP contribution is 2.38. The third-order valence-electron chi connectivity index (χ3n) is 4.92. The zero-order chi connectivity index (χ0) is 21.2. The van der Waals surface area contributed by atoms with Crippen LogP contribution in [0.15, 0.2) is 10.0 Å². The number of hydrogen-bond donors (Lipinski definition) is 1. The second-order valence-corrected chi connectivity index (χ2v) is 7.85. The SMILES string of the molecule is Cc1noc([C@H]2CC[C@@H]3[C@@H](CCN3Cc3scnc3C)O2)n1.O=C(O)C(F)(F)F. The lowest BCUT2D eigenvalue weighted by Crippen LogP contribution is -2.40. The number of rotatable bonds is 3. The van der Waals surface area contributed by atoms with Crippen LogP contribution in [0.3, 0.4) is 0 Å². The molecule has 0 amide bonds. The van der Waals surface area contributed by atoms with E-state index in [2.05, 4.69) is 26.9 Å². The van der Waals surface area contributed by atoms with Gasteiger partial charge in [-0.25, -0.2) is 9.78 Å². The first kappa shape index (κ1) is 21.7. The van der Waals surface area contributed by atoms with Crippen LogP contribution in [-0.2, 0) is 16.1 Å². The number of carboxylic acid groups (broad SMARTS) is 1. The lowest BCUT2D eigenvalue weighted by atomic mass is 9.99. The van der Waals surface area contributed by atoms with E-state index >= 15 is 0 Å². The maximum Gasteiger partial charge on any atom is 0.490 e. The van der Waals surface area contributed by atoms with E-state index in [-0.39, 0.29) is 12.2 Å². The van der Waals surface area contributed by atoms with Gasteiger partial charge in [-0.05, 0) is 33.1 Å². The Kier molecular flexibility index (Phi) is 6.54. The van der Waals surface area contributed by atoms with Crippen LogP contribution in [0.2, 0.25) is 0 Å². The van der Waals surface area contributed by atoms with Crippen LogP contribution >= 0.6 is 11.3 Å². The maximum atomic E-state index is 10.6. The molecule has 160 valence electrons. The molecule has 12 heteroatoms. The molecule has 0 saturated carbocycles. The van der Waals surface area contributed by atoms with Crippen molar-refractivity contribution in [3.05, 3.63) is 27.8 Å². The summed E-state index contributed by atoms with van der Waals surface area (Å²) >= 11 is 1.75. The Morgan fingerprint density at radius 1 is 1.34 bits per heavy atom. The molecule has 2 aliphatic heterocycles. The number of aliphatic carboxylic acids is 1. The fourth-order valence-electron chi connectivity index (χ4n) is 3.50. The fraction of sp³-hybridized carbons (Fsp3) is 0.647. The molecule has 2 saturated heterocycles. The highest BCUT2D eigenvalue weighted by atomic mass is 32.1. The Hall–Kier alpha value is -2.05. The number of hydrogen-bond acceptors (Lipinski definition) is 8. The van der Waals surface area contributed by atoms with E-state index in [0.717, 1.165) is 38.0 Å². The lowest BCUT2D eigenvalue weighted by molar-refractivity contribution is -0.192. The summed E-state index contributed by atoms with van der Waals surface area (Å²) in [6.07, 6.45) is -1.70. The molecule has 0 spiro atoms. The van der Waals surface area contributed by atoms with Crippen LogP contribution in [0.25, 0.3) is 0 Å². The number of ether oxygens (including phenoxy) is 1. The largest absolute Gasteiger partial charge is 0.490 e. The minimum atomic E-state index is -5.08. The maximum absolute atomic E-state index is 10.6. The number of nitrogens with zero attached hydrogens (tertiary/aromatic N) is 4. The van der Waals surface area contributed by atoms with E-state index in [1.807, 2.05) is 12.4 Å². The van der Waals surface area contributed by atoms with Crippen molar-refractivity contribution in [1.82, 2.24) is 20.0 Å². The van der Waals surface area contributed by atoms with Crippen molar-refractivity contribution in [1.29, 1.82) is 0 Å². The minimum absolute atomic E-state index is 0.0347. The molecule has 2 aromatic rings. The van der Waals surface area contributed by atoms with Crippen molar-refractivity contribution >= 4 is 17.3 Å². The average molecular weight is 434 g/mol. The van der Waals surface area contributed by atoms with E-state index < -0.39 is 12.1 Å². The molecule has 0 radical (unpaired) electrons. The number of alkyl halides is 3. The molecule has 4 heterocycles. The van der Waals surface area contributed by atoms with E-state index in [1.54, 1.807) is 11.3 Å². The summed E-state index contributed by atoms with van der Waals surface area (Å²) in [6, 6.07) is 0.502. The van der Waals surface area contributed by atoms with Crippen LogP contribution in [0, 0.1) is 13.8 Å². The van der Waals surface area contributed by atoms with Gasteiger partial charge in [-0.3, -0.25) is 4.90 Å². The summed E-state index contributed by atoms with van der Waals surface area (Å²) in [5, 5.41) is 11.0. The number of aryl methyl sites for hydroxylation is 2. The first-order valence-electron chi connectivity index (χ1n) is 9.04. The van der Waals surface area contributed by atoms with Gasteiger partial charge in [-0.2, -0.15) is 18.2 Å². The van der Waals surface area contributed by atoms with Gasteiger partial charge in [0, 0.05) is 24.0 Å². The molecule has 29 heavy (non-hydrogen) atoms. The number of carbonyl (C=O) groups is 1. The second-order valence-electron chi connectivity index (χ2n) is 6.91. The summed E-state index contributed by atoms with van der Waals surface area (Å²) in [5.74, 6) is -1.45. The smallest absolute Gasteiger partial charge is 0.475 e. The van der Waals surface area contributed by atoms with Crippen LogP contribution in [-0.4, -0.2) is 56.0 Å². The quantitative estimate of drug-likeness (QED) is 0.786. The zero-order valence-electron chi connectivity index (χ0n) is 15.8. The standard InChI is InChI=1S/C15H20N4O2S.C2HF3O2/c1-9-14(22-8-16-9)7-19-6-5-12-11(19)3-4-13(20-12)15-17-10(2)18-21-15;3-2(4,5)1(6)7/h8,11-13H,3-7H2,1-2H3;(H,6,7)/t11-,12-,13-;/m1./s1. The fourth-order valence-corrected chi connectivity index (χ4v) is 4.30. The molecule has 0 unspecified atom stereocenters. The van der Waals surface area contributed by atoms with Crippen LogP contribution in [0.4, 0.5) is 13.2 Å². The molecule has 0 bridgehead atoms. The summed E-state index contributed by atoms with van der Waals surface area (Å²) in [5.41, 5.74) is 3.09. The molecular weight excluding hydrogens is 413 g/mol. The molecule has 2 aliphatic rings. The first-order chi connectivity index (χ1) is 13.6. The van der Waals surface area contributed by atoms with Crippen molar-refractivity contribution in [3.63, 3.8) is 0 Å². The molecule has 4 rings (SSSR count). The molecule has 3 atom stereocenters. The Morgan fingerprint density at radius 3 is 2.62 bits per heavy atom. The Labute approximate surface area is 168 Å². The summed E-state index contributed by atoms with van der Waals surface area (Å²) in [7, 11) is 0. The van der Waals surface area contributed by atoms with Crippen molar-refractivity contribution in [3.8, 4) is 0 Å². The van der Waals surface area contributed by atoms with Crippen LogP contribution in [0.5, 0.6) is 0 Å². The summed E-state index contributed by atoms with van der Waals surface area (Å²) < 4.78 is 43.2. The number of carboxylic acids is 1. The van der Waals surface area contributed by atoms with Crippen LogP contribution < -0.4 is 0 Å². The number of likely N-dealkylation sites (tertiary alicyclic amines) is 1. The first-order valence-corrected chi connectivity index (χ1v) is 9.92. The average Bonchev–Trinajstić information content (AvgIpc) is 3.36. The van der Waals surface area contributed by atoms with Crippen molar-refractivity contribution in [2.75, 3.05) is 6.54 Å². The lowest BCUT2D eigenvalue weighted by Gasteiger charge is -2.34. The second kappa shape index (κ2) is 8.76. The van der Waals surface area contributed by atoms with Gasteiger partial charge in [0.25, 0.3) is 5.89 Å². The highest BCUT2D eigenvalue weighted by Gasteiger charge is 2.41. The topological polar surface area (TPSA) is 102 Å². The molecule has 0 aliphatic carbocycles. The predicted octanol–water partition coefficient (Wildman–Crippen LogP) is 3.27. The van der Waals surface area contributed by atoms with E-state index in [1.165, 1.54) is 4.88 Å². The third-order valence-corrected chi connectivity index (χ3v) is 5.84. The number of halogens is 3. The highest BCUT2D eigenvalue weighted by molar-refractivity contribution is 7.09. The van der Waals surface area contributed by atoms with E-state index in [4.69, 9.17) is 19.2 Å². The van der Waals surface area contributed by atoms with Crippen molar-refractivity contribution in [2.45, 2.75) is 64.1 Å². The summed E-state index contributed by atoms with van der Waals surface area (Å²) in [6.45, 7) is 6.01. The molecule has 8 nitrogen and oxygen atoms in total. The zero-order valence-corrected chi connectivity index (χ0v) is 16.7. The number of fused-ring (bicyclic) bond motifs is 1. The molecule has 0 aromatic carbocycles. The van der Waals surface area contributed by atoms with Gasteiger partial charge < -0.3 is 14.4 Å². The van der Waals surface area contributed by atoms with E-state index in [9.17, 15) is 13.2 Å². The number of aromatic nitrogens is 3. The monoisotopic (exact) mass is 434 g/mol. The Bertz CT molecular complexity index is 841. The normalized spacial score (nSPS) is 24.7. The molecular formula is C17H21F3N4O4S. The predicted molar refractivity (Wildman–Crippen MR) is 95.2 cm³/mol. The molecule has 2 aromatic heterocycles. The van der Waals surface area contributed by atoms with Gasteiger partial charge >= 0.3 is 12.1 Å².